The van der Waals surface area contributed by atoms with Gasteiger partial charge in [0.15, 0.2) is 26.2 Å². The lowest BCUT2D eigenvalue weighted by Crippen LogP contribution is -2.10. The SMILES string of the molecule is CCS(=O)(=O)c1nc(-c2ccn3nc(C(F)(F)F)cc3n2)ccc1NC. The number of hydrogen-bond donors (Lipinski definition) is 1. The Labute approximate surface area is 146 Å². The van der Waals surface area contributed by atoms with Gasteiger partial charge in [0, 0.05) is 19.3 Å². The first-order valence-electron chi connectivity index (χ1n) is 7.51. The van der Waals surface area contributed by atoms with E-state index in [1.54, 1.807) is 13.1 Å². The number of nitrogens with zero attached hydrogens (tertiary/aromatic N) is 4. The van der Waals surface area contributed by atoms with Crippen LogP contribution >= 0.6 is 0 Å². The summed E-state index contributed by atoms with van der Waals surface area (Å²) in [7, 11) is -2.03. The Morgan fingerprint density at radius 2 is 1.85 bits per heavy atom. The molecule has 0 unspecified atom stereocenters. The minimum Gasteiger partial charge on any atom is -0.386 e. The lowest BCUT2D eigenvalue weighted by Gasteiger charge is -2.10. The Balaban J connectivity index is 2.13. The molecule has 0 aliphatic heterocycles. The van der Waals surface area contributed by atoms with E-state index in [1.807, 2.05) is 0 Å². The van der Waals surface area contributed by atoms with E-state index in [4.69, 9.17) is 0 Å². The van der Waals surface area contributed by atoms with E-state index < -0.39 is 21.7 Å². The van der Waals surface area contributed by atoms with E-state index in [1.165, 1.54) is 25.3 Å². The van der Waals surface area contributed by atoms with Crippen molar-refractivity contribution in [3.63, 3.8) is 0 Å². The number of anilines is 1. The highest BCUT2D eigenvalue weighted by atomic mass is 32.2. The van der Waals surface area contributed by atoms with E-state index in [0.717, 1.165) is 10.6 Å². The first-order chi connectivity index (χ1) is 12.2. The van der Waals surface area contributed by atoms with E-state index in [0.29, 0.717) is 5.69 Å². The summed E-state index contributed by atoms with van der Waals surface area (Å²) in [6.45, 7) is 1.50. The maximum atomic E-state index is 12.8. The molecule has 26 heavy (non-hydrogen) atoms. The third-order valence-electron chi connectivity index (χ3n) is 3.68. The molecule has 3 rings (SSSR count). The summed E-state index contributed by atoms with van der Waals surface area (Å²) in [6.07, 6.45) is -3.27. The summed E-state index contributed by atoms with van der Waals surface area (Å²) in [4.78, 5) is 8.26. The fraction of sp³-hybridized carbons (Fsp3) is 0.267. The number of alkyl halides is 3. The molecule has 7 nitrogen and oxygen atoms in total. The predicted octanol–water partition coefficient (Wildman–Crippen LogP) is 2.65. The summed E-state index contributed by atoms with van der Waals surface area (Å²) in [5.41, 5.74) is -0.279. The second-order valence-corrected chi connectivity index (χ2v) is 7.54. The Morgan fingerprint density at radius 1 is 1.15 bits per heavy atom. The summed E-state index contributed by atoms with van der Waals surface area (Å²) in [5, 5.41) is 6.05. The summed E-state index contributed by atoms with van der Waals surface area (Å²) in [5.74, 6) is -0.137. The standard InChI is InChI=1S/C15H14F3N5O2S/c1-3-26(24,25)14-11(19-2)5-4-9(21-14)10-6-7-23-13(20-10)8-12(22-23)15(16,17)18/h4-8,19H,3H2,1-2H3. The van der Waals surface area contributed by atoms with Gasteiger partial charge in [0.25, 0.3) is 0 Å². The predicted molar refractivity (Wildman–Crippen MR) is 88.5 cm³/mol. The highest BCUT2D eigenvalue weighted by molar-refractivity contribution is 7.91. The van der Waals surface area contributed by atoms with Crippen LogP contribution in [-0.2, 0) is 16.0 Å². The van der Waals surface area contributed by atoms with Gasteiger partial charge < -0.3 is 5.32 Å². The van der Waals surface area contributed by atoms with Gasteiger partial charge in [-0.25, -0.2) is 22.9 Å². The third-order valence-corrected chi connectivity index (χ3v) is 5.34. The number of aromatic nitrogens is 4. The maximum absolute atomic E-state index is 12.8. The smallest absolute Gasteiger partial charge is 0.386 e. The normalized spacial score (nSPS) is 12.5. The molecule has 0 amide bonds. The molecule has 0 aliphatic rings. The van der Waals surface area contributed by atoms with Gasteiger partial charge in [-0.2, -0.15) is 18.3 Å². The second-order valence-electron chi connectivity index (χ2n) is 5.35. The van der Waals surface area contributed by atoms with Crippen LogP contribution in [-0.4, -0.2) is 40.8 Å². The Kier molecular flexibility index (Phi) is 4.34. The highest BCUT2D eigenvalue weighted by Crippen LogP contribution is 2.29. The van der Waals surface area contributed by atoms with Crippen molar-refractivity contribution in [3.05, 3.63) is 36.2 Å². The number of sulfone groups is 1. The summed E-state index contributed by atoms with van der Waals surface area (Å²) in [6, 6.07) is 5.31. The number of pyridine rings is 1. The molecule has 0 radical (unpaired) electrons. The van der Waals surface area contributed by atoms with Gasteiger partial charge in [-0.15, -0.1) is 0 Å². The number of nitrogens with one attached hydrogen (secondary N) is 1. The van der Waals surface area contributed by atoms with Crippen molar-refractivity contribution in [2.45, 2.75) is 18.1 Å². The van der Waals surface area contributed by atoms with E-state index in [9.17, 15) is 21.6 Å². The van der Waals surface area contributed by atoms with Crippen molar-refractivity contribution in [3.8, 4) is 11.4 Å². The molecule has 1 N–H and O–H groups in total. The lowest BCUT2D eigenvalue weighted by molar-refractivity contribution is -0.141. The summed E-state index contributed by atoms with van der Waals surface area (Å²) < 4.78 is 63.8. The van der Waals surface area contributed by atoms with E-state index in [-0.39, 0.29) is 27.8 Å². The topological polar surface area (TPSA) is 89.2 Å². The van der Waals surface area contributed by atoms with Crippen LogP contribution < -0.4 is 5.32 Å². The Bertz CT molecular complexity index is 1080. The van der Waals surface area contributed by atoms with Crippen LogP contribution in [0.5, 0.6) is 0 Å². The van der Waals surface area contributed by atoms with Gasteiger partial charge in [0.1, 0.15) is 0 Å². The first kappa shape index (κ1) is 18.1. The van der Waals surface area contributed by atoms with Crippen LogP contribution in [0.1, 0.15) is 12.6 Å². The average molecular weight is 385 g/mol. The zero-order valence-corrected chi connectivity index (χ0v) is 14.6. The van der Waals surface area contributed by atoms with Crippen molar-refractivity contribution in [1.29, 1.82) is 0 Å². The molecule has 0 aliphatic carbocycles. The van der Waals surface area contributed by atoms with Crippen molar-refractivity contribution in [2.75, 3.05) is 18.1 Å². The average Bonchev–Trinajstić information content (AvgIpc) is 3.04. The minimum atomic E-state index is -4.58. The van der Waals surface area contributed by atoms with Gasteiger partial charge >= 0.3 is 6.18 Å². The molecule has 0 aromatic carbocycles. The van der Waals surface area contributed by atoms with E-state index in [2.05, 4.69) is 20.4 Å². The Hall–Kier alpha value is -2.69. The molecule has 0 atom stereocenters. The van der Waals surface area contributed by atoms with Crippen LogP contribution in [0, 0.1) is 0 Å². The number of fused-ring (bicyclic) bond motifs is 1. The van der Waals surface area contributed by atoms with Crippen molar-refractivity contribution in [2.24, 2.45) is 0 Å². The highest BCUT2D eigenvalue weighted by Gasteiger charge is 2.34. The molecule has 0 saturated carbocycles. The molecule has 0 fully saturated rings. The van der Waals surface area contributed by atoms with Crippen molar-refractivity contribution >= 4 is 21.2 Å². The van der Waals surface area contributed by atoms with Crippen LogP contribution in [0.4, 0.5) is 18.9 Å². The molecule has 3 heterocycles. The molecule has 3 aromatic heterocycles. The van der Waals surface area contributed by atoms with Gasteiger partial charge in [-0.3, -0.25) is 0 Å². The van der Waals surface area contributed by atoms with Crippen molar-refractivity contribution in [1.82, 2.24) is 19.6 Å². The molecular formula is C15H14F3N5O2S. The maximum Gasteiger partial charge on any atom is 0.435 e. The van der Waals surface area contributed by atoms with Gasteiger partial charge in [0.2, 0.25) is 0 Å². The van der Waals surface area contributed by atoms with Gasteiger partial charge in [-0.1, -0.05) is 6.92 Å². The van der Waals surface area contributed by atoms with Crippen LogP contribution in [0.15, 0.2) is 35.5 Å². The number of halogens is 3. The van der Waals surface area contributed by atoms with E-state index >= 15 is 0 Å². The minimum absolute atomic E-state index is 0.0192. The number of rotatable bonds is 4. The molecule has 138 valence electrons. The second kappa shape index (κ2) is 6.24. The Morgan fingerprint density at radius 3 is 2.46 bits per heavy atom. The monoisotopic (exact) mass is 385 g/mol. The zero-order valence-electron chi connectivity index (χ0n) is 13.7. The van der Waals surface area contributed by atoms with Gasteiger partial charge in [-0.05, 0) is 18.2 Å². The van der Waals surface area contributed by atoms with Gasteiger partial charge in [0.05, 0.1) is 22.8 Å². The number of hydrogen-bond acceptors (Lipinski definition) is 6. The largest absolute Gasteiger partial charge is 0.435 e. The molecule has 0 bridgehead atoms. The fourth-order valence-electron chi connectivity index (χ4n) is 2.31. The molecule has 0 saturated heterocycles. The fourth-order valence-corrected chi connectivity index (χ4v) is 3.32. The molecule has 11 heteroatoms. The molecular weight excluding hydrogens is 371 g/mol. The first-order valence-corrected chi connectivity index (χ1v) is 9.16. The molecule has 0 spiro atoms. The lowest BCUT2D eigenvalue weighted by atomic mass is 10.2. The quantitative estimate of drug-likeness (QED) is 0.743. The summed E-state index contributed by atoms with van der Waals surface area (Å²) >= 11 is 0. The van der Waals surface area contributed by atoms with Crippen LogP contribution in [0.3, 0.4) is 0 Å². The zero-order chi connectivity index (χ0) is 19.1. The third kappa shape index (κ3) is 3.21. The van der Waals surface area contributed by atoms with Crippen molar-refractivity contribution < 1.29 is 21.6 Å². The van der Waals surface area contributed by atoms with Crippen LogP contribution in [0.2, 0.25) is 0 Å². The molecule has 3 aromatic rings. The van der Waals surface area contributed by atoms with Crippen LogP contribution in [0.25, 0.3) is 17.0 Å².